The minimum Gasteiger partial charge on any atom is -0.495 e. The van der Waals surface area contributed by atoms with Crippen LogP contribution in [0, 0.1) is 0 Å². The summed E-state index contributed by atoms with van der Waals surface area (Å²) in [6.07, 6.45) is 2.63. The van der Waals surface area contributed by atoms with Gasteiger partial charge in [0, 0.05) is 11.7 Å². The molecule has 4 nitrogen and oxygen atoms in total. The van der Waals surface area contributed by atoms with Crippen LogP contribution in [0.25, 0.3) is 6.08 Å². The minimum atomic E-state index is -3.10. The molecule has 0 aliphatic heterocycles. The number of methoxy groups -OCH3 is 1. The molecule has 0 bridgehead atoms. The van der Waals surface area contributed by atoms with Gasteiger partial charge in [0.05, 0.1) is 12.8 Å². The van der Waals surface area contributed by atoms with E-state index < -0.39 is 9.84 Å². The summed E-state index contributed by atoms with van der Waals surface area (Å²) in [5.74, 6) is 0.575. The Morgan fingerprint density at radius 2 is 2.07 bits per heavy atom. The van der Waals surface area contributed by atoms with Gasteiger partial charge in [-0.15, -0.1) is 0 Å². The van der Waals surface area contributed by atoms with Gasteiger partial charge < -0.3 is 10.5 Å². The van der Waals surface area contributed by atoms with Crippen molar-refractivity contribution in [2.24, 2.45) is 0 Å². The normalized spacial score (nSPS) is 11.9. The van der Waals surface area contributed by atoms with Crippen LogP contribution in [0.3, 0.4) is 0 Å². The molecule has 0 atom stereocenters. The molecule has 15 heavy (non-hydrogen) atoms. The fraction of sp³-hybridized carbons (Fsp3) is 0.200. The lowest BCUT2D eigenvalue weighted by Crippen LogP contribution is -1.92. The largest absolute Gasteiger partial charge is 0.495 e. The Labute approximate surface area is 89.3 Å². The van der Waals surface area contributed by atoms with Crippen LogP contribution < -0.4 is 10.5 Å². The minimum absolute atomic E-state index is 0.480. The number of rotatable bonds is 3. The first-order valence-electron chi connectivity index (χ1n) is 4.24. The molecule has 0 saturated carbocycles. The molecule has 82 valence electrons. The molecule has 2 N–H and O–H groups in total. The van der Waals surface area contributed by atoms with E-state index in [0.29, 0.717) is 11.4 Å². The molecule has 0 aliphatic rings. The summed E-state index contributed by atoms with van der Waals surface area (Å²) in [5, 5.41) is 1.13. The maximum absolute atomic E-state index is 10.9. The van der Waals surface area contributed by atoms with Gasteiger partial charge >= 0.3 is 0 Å². The average Bonchev–Trinajstić information content (AvgIpc) is 2.14. The Hall–Kier alpha value is -1.49. The van der Waals surface area contributed by atoms with E-state index in [-0.39, 0.29) is 0 Å². The van der Waals surface area contributed by atoms with Crippen LogP contribution in [0.1, 0.15) is 5.56 Å². The fourth-order valence-corrected chi connectivity index (χ4v) is 1.46. The summed E-state index contributed by atoms with van der Waals surface area (Å²) in [4.78, 5) is 0. The van der Waals surface area contributed by atoms with E-state index in [2.05, 4.69) is 0 Å². The summed E-state index contributed by atoms with van der Waals surface area (Å²) in [6.45, 7) is 0. The standard InChI is InChI=1S/C10H13NO3S/c1-14-10-4-3-8(7-9(10)11)5-6-15(2,12)13/h3-7H,11H2,1-2H3. The van der Waals surface area contributed by atoms with Crippen LogP contribution >= 0.6 is 0 Å². The van der Waals surface area contributed by atoms with Gasteiger partial charge in [0.25, 0.3) is 0 Å². The Bertz CT molecular complexity index is 477. The summed E-state index contributed by atoms with van der Waals surface area (Å²) in [7, 11) is -1.58. The van der Waals surface area contributed by atoms with Crippen molar-refractivity contribution in [3.05, 3.63) is 29.2 Å². The van der Waals surface area contributed by atoms with Gasteiger partial charge in [-0.3, -0.25) is 0 Å². The Kier molecular flexibility index (Phi) is 3.36. The van der Waals surface area contributed by atoms with Crippen molar-refractivity contribution < 1.29 is 13.2 Å². The van der Waals surface area contributed by atoms with E-state index in [0.717, 1.165) is 17.2 Å². The SMILES string of the molecule is COc1ccc(C=CS(C)(=O)=O)cc1N. The summed E-state index contributed by atoms with van der Waals surface area (Å²) in [5.41, 5.74) is 6.86. The summed E-state index contributed by atoms with van der Waals surface area (Å²) in [6, 6.07) is 5.08. The molecule has 0 amide bonds. The quantitative estimate of drug-likeness (QED) is 0.790. The van der Waals surface area contributed by atoms with Crippen LogP contribution in [0.4, 0.5) is 5.69 Å². The van der Waals surface area contributed by atoms with Crippen molar-refractivity contribution in [1.82, 2.24) is 0 Å². The van der Waals surface area contributed by atoms with Gasteiger partial charge in [0.15, 0.2) is 9.84 Å². The van der Waals surface area contributed by atoms with Gasteiger partial charge in [0.1, 0.15) is 5.75 Å². The third-order valence-electron chi connectivity index (χ3n) is 1.76. The number of nitrogen functional groups attached to an aromatic ring is 1. The molecule has 0 heterocycles. The lowest BCUT2D eigenvalue weighted by molar-refractivity contribution is 0.417. The highest BCUT2D eigenvalue weighted by atomic mass is 32.2. The van der Waals surface area contributed by atoms with E-state index in [1.54, 1.807) is 18.2 Å². The zero-order valence-electron chi connectivity index (χ0n) is 8.60. The Morgan fingerprint density at radius 3 is 2.53 bits per heavy atom. The van der Waals surface area contributed by atoms with Crippen LogP contribution in [-0.4, -0.2) is 21.8 Å². The first-order chi connectivity index (χ1) is 6.92. The molecule has 5 heteroatoms. The molecular formula is C10H13NO3S. The zero-order valence-corrected chi connectivity index (χ0v) is 9.41. The first kappa shape index (κ1) is 11.6. The molecule has 0 aromatic heterocycles. The maximum atomic E-state index is 10.9. The number of anilines is 1. The van der Waals surface area contributed by atoms with Gasteiger partial charge in [-0.05, 0) is 23.8 Å². The topological polar surface area (TPSA) is 69.4 Å². The highest BCUT2D eigenvalue weighted by Crippen LogP contribution is 2.22. The monoisotopic (exact) mass is 227 g/mol. The van der Waals surface area contributed by atoms with Gasteiger partial charge in [-0.1, -0.05) is 6.07 Å². The summed E-state index contributed by atoms with van der Waals surface area (Å²) < 4.78 is 26.7. The third kappa shape index (κ3) is 3.63. The van der Waals surface area contributed by atoms with Crippen molar-refractivity contribution >= 4 is 21.6 Å². The average molecular weight is 227 g/mol. The molecule has 0 unspecified atom stereocenters. The molecule has 1 aromatic rings. The van der Waals surface area contributed by atoms with Crippen LogP contribution in [0.2, 0.25) is 0 Å². The first-order valence-corrected chi connectivity index (χ1v) is 6.19. The van der Waals surface area contributed by atoms with Crippen LogP contribution in [0.5, 0.6) is 5.75 Å². The Morgan fingerprint density at radius 1 is 1.40 bits per heavy atom. The number of nitrogens with two attached hydrogens (primary N) is 1. The van der Waals surface area contributed by atoms with Crippen molar-refractivity contribution in [2.45, 2.75) is 0 Å². The van der Waals surface area contributed by atoms with Crippen LogP contribution in [0.15, 0.2) is 23.6 Å². The lowest BCUT2D eigenvalue weighted by atomic mass is 10.2. The molecule has 0 radical (unpaired) electrons. The van der Waals surface area contributed by atoms with Crippen molar-refractivity contribution in [3.63, 3.8) is 0 Å². The molecule has 1 aromatic carbocycles. The van der Waals surface area contributed by atoms with E-state index in [9.17, 15) is 8.42 Å². The van der Waals surface area contributed by atoms with Crippen molar-refractivity contribution in [3.8, 4) is 5.75 Å². The smallest absolute Gasteiger partial charge is 0.168 e. The van der Waals surface area contributed by atoms with E-state index in [1.165, 1.54) is 13.2 Å². The number of hydrogen-bond acceptors (Lipinski definition) is 4. The molecular weight excluding hydrogens is 214 g/mol. The third-order valence-corrected chi connectivity index (χ3v) is 2.39. The second kappa shape index (κ2) is 4.35. The van der Waals surface area contributed by atoms with E-state index in [4.69, 9.17) is 10.5 Å². The predicted molar refractivity (Wildman–Crippen MR) is 61.3 cm³/mol. The molecule has 0 saturated heterocycles. The number of sulfone groups is 1. The second-order valence-electron chi connectivity index (χ2n) is 3.13. The van der Waals surface area contributed by atoms with Crippen LogP contribution in [-0.2, 0) is 9.84 Å². The van der Waals surface area contributed by atoms with Gasteiger partial charge in [-0.2, -0.15) is 0 Å². The van der Waals surface area contributed by atoms with E-state index in [1.807, 2.05) is 0 Å². The number of ether oxygens (including phenoxy) is 1. The highest BCUT2D eigenvalue weighted by Gasteiger charge is 1.99. The van der Waals surface area contributed by atoms with Gasteiger partial charge in [0.2, 0.25) is 0 Å². The number of hydrogen-bond donors (Lipinski definition) is 1. The second-order valence-corrected chi connectivity index (χ2v) is 5.06. The van der Waals surface area contributed by atoms with Gasteiger partial charge in [-0.25, -0.2) is 8.42 Å². The zero-order chi connectivity index (χ0) is 11.5. The maximum Gasteiger partial charge on any atom is 0.168 e. The Balaban J connectivity index is 2.99. The molecule has 0 fully saturated rings. The highest BCUT2D eigenvalue weighted by molar-refractivity contribution is 7.93. The molecule has 0 aliphatic carbocycles. The van der Waals surface area contributed by atoms with E-state index >= 15 is 0 Å². The molecule has 1 rings (SSSR count). The van der Waals surface area contributed by atoms with Crippen molar-refractivity contribution in [2.75, 3.05) is 19.1 Å². The molecule has 0 spiro atoms. The summed E-state index contributed by atoms with van der Waals surface area (Å²) >= 11 is 0. The van der Waals surface area contributed by atoms with Crippen molar-refractivity contribution in [1.29, 1.82) is 0 Å². The fourth-order valence-electron chi connectivity index (χ4n) is 1.06. The number of benzene rings is 1. The lowest BCUT2D eigenvalue weighted by Gasteiger charge is -2.04. The predicted octanol–water partition coefficient (Wildman–Crippen LogP) is 1.29.